The third kappa shape index (κ3) is 2.50. The van der Waals surface area contributed by atoms with Crippen LogP contribution >= 0.6 is 0 Å². The molecule has 0 aromatic heterocycles. The summed E-state index contributed by atoms with van der Waals surface area (Å²) in [6, 6.07) is 15.5. The van der Waals surface area contributed by atoms with Gasteiger partial charge in [0.25, 0.3) is 5.91 Å². The maximum absolute atomic E-state index is 12.7. The molecule has 4 nitrogen and oxygen atoms in total. The topological polar surface area (TPSA) is 41.9 Å². The second-order valence-corrected chi connectivity index (χ2v) is 6.20. The van der Waals surface area contributed by atoms with E-state index in [-0.39, 0.29) is 12.0 Å². The lowest BCUT2D eigenvalue weighted by molar-refractivity contribution is -0.114. The fraction of sp³-hybridized carbons (Fsp3) is 0.200. The summed E-state index contributed by atoms with van der Waals surface area (Å²) in [7, 11) is 0. The molecule has 2 heterocycles. The number of hydrazone groups is 1. The van der Waals surface area contributed by atoms with Gasteiger partial charge >= 0.3 is 0 Å². The molecule has 4 heteroatoms. The van der Waals surface area contributed by atoms with Gasteiger partial charge in [-0.3, -0.25) is 4.79 Å². The molecular formula is C20H18N2O2. The van der Waals surface area contributed by atoms with Crippen LogP contribution in [-0.4, -0.2) is 17.7 Å². The molecule has 120 valence electrons. The van der Waals surface area contributed by atoms with Gasteiger partial charge < -0.3 is 4.74 Å². The normalized spacial score (nSPS) is 21.0. The van der Waals surface area contributed by atoms with E-state index >= 15 is 0 Å². The van der Waals surface area contributed by atoms with E-state index in [0.717, 1.165) is 29.1 Å². The van der Waals surface area contributed by atoms with Gasteiger partial charge in [-0.2, -0.15) is 10.1 Å². The maximum Gasteiger partial charge on any atom is 0.280 e. The minimum absolute atomic E-state index is 0.0937. The van der Waals surface area contributed by atoms with Crippen molar-refractivity contribution in [2.45, 2.75) is 26.4 Å². The number of benzene rings is 2. The molecule has 0 radical (unpaired) electrons. The number of amides is 1. The molecule has 0 spiro atoms. The Kier molecular flexibility index (Phi) is 3.45. The second kappa shape index (κ2) is 5.64. The predicted molar refractivity (Wildman–Crippen MR) is 95.3 cm³/mol. The summed E-state index contributed by atoms with van der Waals surface area (Å²) >= 11 is 0. The van der Waals surface area contributed by atoms with Gasteiger partial charge in [-0.15, -0.1) is 0 Å². The van der Waals surface area contributed by atoms with Crippen molar-refractivity contribution in [2.75, 3.05) is 5.01 Å². The van der Waals surface area contributed by atoms with E-state index in [0.29, 0.717) is 5.57 Å². The Morgan fingerprint density at radius 3 is 2.79 bits per heavy atom. The van der Waals surface area contributed by atoms with Crippen molar-refractivity contribution in [3.8, 4) is 5.75 Å². The summed E-state index contributed by atoms with van der Waals surface area (Å²) in [4.78, 5) is 12.7. The lowest BCUT2D eigenvalue weighted by atomic mass is 10.0. The van der Waals surface area contributed by atoms with Crippen molar-refractivity contribution in [1.82, 2.24) is 0 Å². The Morgan fingerprint density at radius 1 is 1.21 bits per heavy atom. The van der Waals surface area contributed by atoms with Crippen LogP contribution in [0.2, 0.25) is 0 Å². The maximum atomic E-state index is 12.7. The molecule has 1 amide bonds. The molecule has 0 aliphatic carbocycles. The summed E-state index contributed by atoms with van der Waals surface area (Å²) in [6.07, 6.45) is 3.03. The highest BCUT2D eigenvalue weighted by Crippen LogP contribution is 2.31. The molecule has 24 heavy (non-hydrogen) atoms. The first-order valence-electron chi connectivity index (χ1n) is 8.08. The Morgan fingerprint density at radius 2 is 2.00 bits per heavy atom. The third-order valence-electron chi connectivity index (χ3n) is 4.29. The number of hydrogen-bond acceptors (Lipinski definition) is 3. The van der Waals surface area contributed by atoms with Gasteiger partial charge in [0, 0.05) is 6.42 Å². The second-order valence-electron chi connectivity index (χ2n) is 6.20. The van der Waals surface area contributed by atoms with Crippen LogP contribution in [0.5, 0.6) is 5.75 Å². The Bertz CT molecular complexity index is 868. The van der Waals surface area contributed by atoms with Crippen LogP contribution in [0.15, 0.2) is 59.2 Å². The predicted octanol–water partition coefficient (Wildman–Crippen LogP) is 3.82. The molecule has 0 bridgehead atoms. The summed E-state index contributed by atoms with van der Waals surface area (Å²) in [5, 5.41) is 5.87. The quantitative estimate of drug-likeness (QED) is 0.790. The molecule has 4 rings (SSSR count). The van der Waals surface area contributed by atoms with Gasteiger partial charge in [0.05, 0.1) is 17.0 Å². The average Bonchev–Trinajstić information content (AvgIpc) is 3.09. The zero-order chi connectivity index (χ0) is 16.7. The van der Waals surface area contributed by atoms with Gasteiger partial charge in [0.15, 0.2) is 0 Å². The SMILES string of the molecule is CC1=NN(c2ccccc2)C(=O)/C1=C\c1ccc2c(c1)C[C@@H](C)O2. The number of rotatable bonds is 2. The van der Waals surface area contributed by atoms with Crippen molar-refractivity contribution in [3.63, 3.8) is 0 Å². The highest BCUT2D eigenvalue weighted by atomic mass is 16.5. The zero-order valence-electron chi connectivity index (χ0n) is 13.7. The van der Waals surface area contributed by atoms with Gasteiger partial charge in [-0.05, 0) is 55.3 Å². The molecule has 0 N–H and O–H groups in total. The molecule has 2 aromatic rings. The van der Waals surface area contributed by atoms with Crippen LogP contribution in [0.1, 0.15) is 25.0 Å². The number of carbonyl (C=O) groups is 1. The summed E-state index contributed by atoms with van der Waals surface area (Å²) in [5.74, 6) is 0.850. The molecule has 0 saturated carbocycles. The number of carbonyl (C=O) groups excluding carboxylic acids is 1. The lowest BCUT2D eigenvalue weighted by Crippen LogP contribution is -2.21. The van der Waals surface area contributed by atoms with Crippen LogP contribution in [0.25, 0.3) is 6.08 Å². The highest BCUT2D eigenvalue weighted by Gasteiger charge is 2.28. The van der Waals surface area contributed by atoms with Gasteiger partial charge in [0.2, 0.25) is 0 Å². The monoisotopic (exact) mass is 318 g/mol. The number of fused-ring (bicyclic) bond motifs is 1. The van der Waals surface area contributed by atoms with Crippen molar-refractivity contribution in [1.29, 1.82) is 0 Å². The van der Waals surface area contributed by atoms with Crippen molar-refractivity contribution in [3.05, 3.63) is 65.2 Å². The Labute approximate surface area is 141 Å². The van der Waals surface area contributed by atoms with Crippen LogP contribution < -0.4 is 9.75 Å². The minimum atomic E-state index is -0.0937. The summed E-state index contributed by atoms with van der Waals surface area (Å²) in [6.45, 7) is 3.93. The number of para-hydroxylation sites is 1. The zero-order valence-corrected chi connectivity index (χ0v) is 13.7. The molecule has 2 aliphatic heterocycles. The van der Waals surface area contributed by atoms with E-state index in [1.165, 1.54) is 10.6 Å². The first-order chi connectivity index (χ1) is 11.6. The van der Waals surface area contributed by atoms with Crippen molar-refractivity contribution >= 4 is 23.4 Å². The highest BCUT2D eigenvalue weighted by molar-refractivity contribution is 6.32. The largest absolute Gasteiger partial charge is 0.490 e. The minimum Gasteiger partial charge on any atom is -0.490 e. The van der Waals surface area contributed by atoms with E-state index < -0.39 is 0 Å². The van der Waals surface area contributed by atoms with Crippen molar-refractivity contribution < 1.29 is 9.53 Å². The Balaban J connectivity index is 1.66. The van der Waals surface area contributed by atoms with E-state index in [1.54, 1.807) is 0 Å². The first-order valence-corrected chi connectivity index (χ1v) is 8.08. The van der Waals surface area contributed by atoms with Gasteiger partial charge in [0.1, 0.15) is 11.9 Å². The number of anilines is 1. The number of hydrogen-bond donors (Lipinski definition) is 0. The molecule has 0 unspecified atom stereocenters. The van der Waals surface area contributed by atoms with Crippen molar-refractivity contribution in [2.24, 2.45) is 5.10 Å². The van der Waals surface area contributed by atoms with Crippen LogP contribution in [-0.2, 0) is 11.2 Å². The Hall–Kier alpha value is -2.88. The van der Waals surface area contributed by atoms with Crippen LogP contribution in [0.3, 0.4) is 0 Å². The number of ether oxygens (including phenoxy) is 1. The fourth-order valence-electron chi connectivity index (χ4n) is 3.13. The summed E-state index contributed by atoms with van der Waals surface area (Å²) in [5.41, 5.74) is 4.33. The molecule has 2 aliphatic rings. The summed E-state index contributed by atoms with van der Waals surface area (Å²) < 4.78 is 5.73. The first kappa shape index (κ1) is 14.7. The average molecular weight is 318 g/mol. The van der Waals surface area contributed by atoms with Crippen LogP contribution in [0.4, 0.5) is 5.69 Å². The van der Waals surface area contributed by atoms with Crippen LogP contribution in [0, 0.1) is 0 Å². The fourth-order valence-corrected chi connectivity index (χ4v) is 3.13. The van der Waals surface area contributed by atoms with Gasteiger partial charge in [-0.1, -0.05) is 24.3 Å². The standard InChI is InChI=1S/C20H18N2O2/c1-13-10-16-11-15(8-9-19(16)24-13)12-18-14(2)21-22(20(18)23)17-6-4-3-5-7-17/h3-9,11-13H,10H2,1-2H3/b18-12-/t13-/m1/s1. The molecule has 1 atom stereocenters. The lowest BCUT2D eigenvalue weighted by Gasteiger charge is -2.11. The third-order valence-corrected chi connectivity index (χ3v) is 4.29. The molecular weight excluding hydrogens is 300 g/mol. The molecule has 2 aromatic carbocycles. The molecule has 0 saturated heterocycles. The van der Waals surface area contributed by atoms with Gasteiger partial charge in [-0.25, -0.2) is 0 Å². The van der Waals surface area contributed by atoms with E-state index in [2.05, 4.69) is 18.1 Å². The number of nitrogens with zero attached hydrogens (tertiary/aromatic N) is 2. The van der Waals surface area contributed by atoms with E-state index in [1.807, 2.05) is 55.5 Å². The van der Waals surface area contributed by atoms with E-state index in [4.69, 9.17) is 4.74 Å². The smallest absolute Gasteiger partial charge is 0.280 e. The molecule has 0 fully saturated rings. The van der Waals surface area contributed by atoms with E-state index in [9.17, 15) is 4.79 Å².